The lowest BCUT2D eigenvalue weighted by molar-refractivity contribution is 0.172. The third-order valence-electron chi connectivity index (χ3n) is 3.89. The molecule has 1 aromatic carbocycles. The monoisotopic (exact) mass is 259 g/mol. The maximum atomic E-state index is 5.60. The molecule has 0 spiro atoms. The van der Waals surface area contributed by atoms with Crippen molar-refractivity contribution in [1.82, 2.24) is 15.3 Å². The van der Waals surface area contributed by atoms with Gasteiger partial charge in [0.1, 0.15) is 19.0 Å². The number of aromatic nitrogens is 2. The highest BCUT2D eigenvalue weighted by atomic mass is 16.6. The van der Waals surface area contributed by atoms with Crippen molar-refractivity contribution in [3.8, 4) is 11.5 Å². The number of nitrogens with one attached hydrogen (secondary N) is 2. The molecule has 0 radical (unpaired) electrons. The number of fused-ring (bicyclic) bond motifs is 2. The lowest BCUT2D eigenvalue weighted by Gasteiger charge is -2.20. The summed E-state index contributed by atoms with van der Waals surface area (Å²) in [5.41, 5.74) is 2.01. The van der Waals surface area contributed by atoms with Crippen LogP contribution in [0.4, 0.5) is 0 Å². The van der Waals surface area contributed by atoms with Gasteiger partial charge >= 0.3 is 0 Å². The summed E-state index contributed by atoms with van der Waals surface area (Å²) < 4.78 is 11.2. The summed E-state index contributed by atoms with van der Waals surface area (Å²) in [6, 6.07) is 3.98. The minimum Gasteiger partial charge on any atom is -0.486 e. The average Bonchev–Trinajstić information content (AvgIpc) is 2.88. The molecule has 1 fully saturated rings. The third kappa shape index (κ3) is 1.94. The first-order valence-electron chi connectivity index (χ1n) is 6.90. The van der Waals surface area contributed by atoms with Crippen molar-refractivity contribution >= 4 is 11.0 Å². The van der Waals surface area contributed by atoms with Crippen molar-refractivity contribution in [2.24, 2.45) is 0 Å². The van der Waals surface area contributed by atoms with Gasteiger partial charge in [0.25, 0.3) is 0 Å². The summed E-state index contributed by atoms with van der Waals surface area (Å²) >= 11 is 0. The molecule has 0 aliphatic carbocycles. The summed E-state index contributed by atoms with van der Waals surface area (Å²) in [4.78, 5) is 8.17. The molecule has 0 amide bonds. The molecule has 0 unspecified atom stereocenters. The molecule has 2 aliphatic heterocycles. The molecule has 3 heterocycles. The van der Waals surface area contributed by atoms with Crippen LogP contribution < -0.4 is 14.8 Å². The number of hydrogen-bond donors (Lipinski definition) is 2. The zero-order valence-electron chi connectivity index (χ0n) is 10.7. The number of ether oxygens (including phenoxy) is 2. The van der Waals surface area contributed by atoms with E-state index in [1.54, 1.807) is 0 Å². The molecule has 4 rings (SSSR count). The van der Waals surface area contributed by atoms with E-state index in [1.807, 2.05) is 12.1 Å². The fraction of sp³-hybridized carbons (Fsp3) is 0.500. The fourth-order valence-corrected chi connectivity index (χ4v) is 2.86. The fourth-order valence-electron chi connectivity index (χ4n) is 2.86. The largest absolute Gasteiger partial charge is 0.486 e. The molecule has 2 N–H and O–H groups in total. The Morgan fingerprint density at radius 2 is 1.79 bits per heavy atom. The minimum absolute atomic E-state index is 0.535. The lowest BCUT2D eigenvalue weighted by atomic mass is 9.98. The summed E-state index contributed by atoms with van der Waals surface area (Å²) in [7, 11) is 0. The third-order valence-corrected chi connectivity index (χ3v) is 3.89. The van der Waals surface area contributed by atoms with E-state index in [1.165, 1.54) is 0 Å². The van der Waals surface area contributed by atoms with Crippen LogP contribution >= 0.6 is 0 Å². The van der Waals surface area contributed by atoms with Gasteiger partial charge in [0.05, 0.1) is 11.0 Å². The van der Waals surface area contributed by atoms with Crippen molar-refractivity contribution < 1.29 is 9.47 Å². The first-order valence-corrected chi connectivity index (χ1v) is 6.90. The summed E-state index contributed by atoms with van der Waals surface area (Å²) in [5.74, 6) is 3.26. The maximum Gasteiger partial charge on any atom is 0.163 e. The smallest absolute Gasteiger partial charge is 0.163 e. The molecule has 19 heavy (non-hydrogen) atoms. The van der Waals surface area contributed by atoms with Crippen molar-refractivity contribution in [3.05, 3.63) is 18.0 Å². The van der Waals surface area contributed by atoms with Crippen LogP contribution in [-0.2, 0) is 0 Å². The molecule has 0 atom stereocenters. The van der Waals surface area contributed by atoms with Crippen LogP contribution in [-0.4, -0.2) is 36.3 Å². The van der Waals surface area contributed by atoms with Crippen LogP contribution in [0.2, 0.25) is 0 Å². The Kier molecular flexibility index (Phi) is 2.58. The van der Waals surface area contributed by atoms with Gasteiger partial charge in [-0.2, -0.15) is 0 Å². The molecule has 2 aromatic rings. The summed E-state index contributed by atoms with van der Waals surface area (Å²) in [6.45, 7) is 3.38. The minimum atomic E-state index is 0.535. The molecule has 2 aliphatic rings. The molecule has 1 aromatic heterocycles. The van der Waals surface area contributed by atoms with Gasteiger partial charge in [-0.3, -0.25) is 0 Å². The van der Waals surface area contributed by atoms with Crippen molar-refractivity contribution in [3.63, 3.8) is 0 Å². The van der Waals surface area contributed by atoms with Crippen LogP contribution in [0.25, 0.3) is 11.0 Å². The Hall–Kier alpha value is -1.75. The number of piperidine rings is 1. The lowest BCUT2D eigenvalue weighted by Crippen LogP contribution is -2.27. The Labute approximate surface area is 111 Å². The number of rotatable bonds is 1. The van der Waals surface area contributed by atoms with Crippen LogP contribution in [0.5, 0.6) is 11.5 Å². The van der Waals surface area contributed by atoms with Gasteiger partial charge in [-0.25, -0.2) is 4.98 Å². The SMILES string of the molecule is c1c2c(cc3[nH]c(C4CCNCC4)nc13)OCCO2. The molecular formula is C14H17N3O2. The van der Waals surface area contributed by atoms with Crippen LogP contribution in [0.3, 0.4) is 0 Å². The van der Waals surface area contributed by atoms with Crippen molar-refractivity contribution in [1.29, 1.82) is 0 Å². The summed E-state index contributed by atoms with van der Waals surface area (Å²) in [6.07, 6.45) is 2.29. The average molecular weight is 259 g/mol. The molecule has 0 bridgehead atoms. The summed E-state index contributed by atoms with van der Waals surface area (Å²) in [5, 5.41) is 3.38. The van der Waals surface area contributed by atoms with Crippen molar-refractivity contribution in [2.45, 2.75) is 18.8 Å². The van der Waals surface area contributed by atoms with E-state index in [9.17, 15) is 0 Å². The topological polar surface area (TPSA) is 59.2 Å². The Bertz CT molecular complexity index is 559. The first kappa shape index (κ1) is 11.1. The van der Waals surface area contributed by atoms with E-state index in [-0.39, 0.29) is 0 Å². The number of imidazole rings is 1. The zero-order chi connectivity index (χ0) is 12.7. The zero-order valence-corrected chi connectivity index (χ0v) is 10.7. The van der Waals surface area contributed by atoms with Gasteiger partial charge in [-0.15, -0.1) is 0 Å². The second kappa shape index (κ2) is 4.42. The number of hydrogen-bond acceptors (Lipinski definition) is 4. The predicted molar refractivity (Wildman–Crippen MR) is 71.9 cm³/mol. The number of H-pyrrole nitrogens is 1. The van der Waals surface area contributed by atoms with Crippen LogP contribution in [0, 0.1) is 0 Å². The van der Waals surface area contributed by atoms with Crippen LogP contribution in [0.1, 0.15) is 24.6 Å². The second-order valence-corrected chi connectivity index (χ2v) is 5.16. The van der Waals surface area contributed by atoms with Crippen molar-refractivity contribution in [2.75, 3.05) is 26.3 Å². The Morgan fingerprint density at radius 1 is 1.05 bits per heavy atom. The molecule has 5 heteroatoms. The van der Waals surface area contributed by atoms with E-state index < -0.39 is 0 Å². The standard InChI is InChI=1S/C14H17N3O2/c1-3-15-4-2-9(1)14-16-10-7-12-13(8-11(10)17-14)19-6-5-18-12/h7-9,15H,1-6H2,(H,16,17). The quantitative estimate of drug-likeness (QED) is 0.820. The van der Waals surface area contributed by atoms with Gasteiger partial charge in [0.15, 0.2) is 11.5 Å². The highest BCUT2D eigenvalue weighted by molar-refractivity contribution is 5.80. The Balaban J connectivity index is 1.73. The first-order chi connectivity index (χ1) is 9.40. The molecule has 0 saturated carbocycles. The number of benzene rings is 1. The van der Waals surface area contributed by atoms with E-state index >= 15 is 0 Å². The van der Waals surface area contributed by atoms with Crippen LogP contribution in [0.15, 0.2) is 12.1 Å². The highest BCUT2D eigenvalue weighted by Crippen LogP contribution is 2.35. The second-order valence-electron chi connectivity index (χ2n) is 5.16. The molecule has 5 nitrogen and oxygen atoms in total. The van der Waals surface area contributed by atoms with Gasteiger partial charge in [0.2, 0.25) is 0 Å². The Morgan fingerprint density at radius 3 is 2.58 bits per heavy atom. The van der Waals surface area contributed by atoms with Gasteiger partial charge in [-0.05, 0) is 25.9 Å². The van der Waals surface area contributed by atoms with Gasteiger partial charge in [0, 0.05) is 18.1 Å². The molecular weight excluding hydrogens is 242 g/mol. The highest BCUT2D eigenvalue weighted by Gasteiger charge is 2.20. The van der Waals surface area contributed by atoms with Gasteiger partial charge < -0.3 is 19.8 Å². The van der Waals surface area contributed by atoms with E-state index in [2.05, 4.69) is 10.3 Å². The number of aromatic amines is 1. The number of nitrogens with zero attached hydrogens (tertiary/aromatic N) is 1. The molecule has 100 valence electrons. The normalized spacial score (nSPS) is 19.8. The molecule has 1 saturated heterocycles. The maximum absolute atomic E-state index is 5.60. The van der Waals surface area contributed by atoms with E-state index in [4.69, 9.17) is 14.5 Å². The van der Waals surface area contributed by atoms with E-state index in [0.29, 0.717) is 19.1 Å². The van der Waals surface area contributed by atoms with Gasteiger partial charge in [-0.1, -0.05) is 0 Å². The van der Waals surface area contributed by atoms with E-state index in [0.717, 1.165) is 54.3 Å². The predicted octanol–water partition coefficient (Wildman–Crippen LogP) is 1.80.